The minimum absolute atomic E-state index is 0.0148. The summed E-state index contributed by atoms with van der Waals surface area (Å²) in [4.78, 5) is 0.0389. The Morgan fingerprint density at radius 1 is 1.53 bits per heavy atom. The zero-order valence-corrected chi connectivity index (χ0v) is 13.1. The standard InChI is InChI=1S/C10H20N4O3S2/c1-5-7(6-17-4)12-10-8(9(11)13-18-10)19(15,16)14(2)3/h7,12H,5-6H2,1-4H3,(H2,11,13). The Hall–Kier alpha value is -0.900. The van der Waals surface area contributed by atoms with Gasteiger partial charge in [-0.3, -0.25) is 0 Å². The van der Waals surface area contributed by atoms with Gasteiger partial charge < -0.3 is 15.8 Å². The van der Waals surface area contributed by atoms with Crippen LogP contribution in [0.5, 0.6) is 0 Å². The maximum absolute atomic E-state index is 12.2. The zero-order chi connectivity index (χ0) is 14.6. The van der Waals surface area contributed by atoms with E-state index in [0.717, 1.165) is 22.3 Å². The van der Waals surface area contributed by atoms with Crippen LogP contribution in [0.4, 0.5) is 10.8 Å². The molecule has 1 heterocycles. The molecule has 0 bridgehead atoms. The first-order chi connectivity index (χ1) is 8.84. The first-order valence-electron chi connectivity index (χ1n) is 5.77. The SMILES string of the molecule is CCC(COC)Nc1snc(N)c1S(=O)(=O)N(C)C. The highest BCUT2D eigenvalue weighted by Crippen LogP contribution is 2.33. The van der Waals surface area contributed by atoms with Crippen molar-refractivity contribution in [2.75, 3.05) is 38.9 Å². The number of nitrogens with zero attached hydrogens (tertiary/aromatic N) is 2. The molecule has 9 heteroatoms. The number of hydrogen-bond donors (Lipinski definition) is 2. The Balaban J connectivity index is 3.11. The molecule has 110 valence electrons. The van der Waals surface area contributed by atoms with Gasteiger partial charge in [0.15, 0.2) is 10.7 Å². The lowest BCUT2D eigenvalue weighted by Gasteiger charge is -2.18. The van der Waals surface area contributed by atoms with Crippen LogP contribution in [-0.2, 0) is 14.8 Å². The van der Waals surface area contributed by atoms with E-state index in [2.05, 4.69) is 9.69 Å². The van der Waals surface area contributed by atoms with Gasteiger partial charge in [-0.1, -0.05) is 6.92 Å². The number of aromatic nitrogens is 1. The number of rotatable bonds is 7. The maximum Gasteiger partial charge on any atom is 0.249 e. The van der Waals surface area contributed by atoms with Crippen LogP contribution in [-0.4, -0.2) is 51.0 Å². The number of hydrogen-bond acceptors (Lipinski definition) is 7. The Labute approximate surface area is 118 Å². The lowest BCUT2D eigenvalue weighted by molar-refractivity contribution is 0.184. The molecule has 0 aliphatic carbocycles. The molecule has 1 atom stereocenters. The van der Waals surface area contributed by atoms with Crippen LogP contribution < -0.4 is 11.1 Å². The smallest absolute Gasteiger partial charge is 0.249 e. The summed E-state index contributed by atoms with van der Waals surface area (Å²) in [5.74, 6) is 0.0217. The van der Waals surface area contributed by atoms with Crippen molar-refractivity contribution < 1.29 is 13.2 Å². The molecule has 0 saturated carbocycles. The third-order valence-corrected chi connectivity index (χ3v) is 5.42. The van der Waals surface area contributed by atoms with Crippen molar-refractivity contribution in [3.05, 3.63) is 0 Å². The summed E-state index contributed by atoms with van der Waals surface area (Å²) in [6.45, 7) is 2.47. The average Bonchev–Trinajstić information content (AvgIpc) is 2.70. The number of anilines is 2. The second kappa shape index (κ2) is 6.51. The van der Waals surface area contributed by atoms with Crippen molar-refractivity contribution in [3.63, 3.8) is 0 Å². The molecule has 1 aromatic heterocycles. The zero-order valence-electron chi connectivity index (χ0n) is 11.5. The molecule has 0 saturated heterocycles. The molecule has 0 amide bonds. The van der Waals surface area contributed by atoms with E-state index in [9.17, 15) is 8.42 Å². The van der Waals surface area contributed by atoms with Crippen LogP contribution in [0.25, 0.3) is 0 Å². The molecule has 0 radical (unpaired) electrons. The van der Waals surface area contributed by atoms with Gasteiger partial charge in [0.05, 0.1) is 12.6 Å². The summed E-state index contributed by atoms with van der Waals surface area (Å²) in [5, 5.41) is 3.58. The third-order valence-electron chi connectivity index (χ3n) is 2.61. The van der Waals surface area contributed by atoms with Crippen LogP contribution in [0.2, 0.25) is 0 Å². The van der Waals surface area contributed by atoms with Crippen LogP contribution in [0.15, 0.2) is 4.90 Å². The monoisotopic (exact) mass is 308 g/mol. The molecule has 0 aromatic carbocycles. The predicted molar refractivity (Wildman–Crippen MR) is 77.0 cm³/mol. The maximum atomic E-state index is 12.2. The second-order valence-corrected chi connectivity index (χ2v) is 7.08. The summed E-state index contributed by atoms with van der Waals surface area (Å²) in [6.07, 6.45) is 0.799. The highest BCUT2D eigenvalue weighted by molar-refractivity contribution is 7.89. The second-order valence-electron chi connectivity index (χ2n) is 4.22. The molecule has 19 heavy (non-hydrogen) atoms. The number of methoxy groups -OCH3 is 1. The quantitative estimate of drug-likeness (QED) is 0.773. The highest BCUT2D eigenvalue weighted by atomic mass is 32.2. The van der Waals surface area contributed by atoms with E-state index >= 15 is 0 Å². The minimum Gasteiger partial charge on any atom is -0.383 e. The van der Waals surface area contributed by atoms with Crippen molar-refractivity contribution in [1.82, 2.24) is 8.68 Å². The highest BCUT2D eigenvalue weighted by Gasteiger charge is 2.28. The van der Waals surface area contributed by atoms with Gasteiger partial charge in [-0.05, 0) is 18.0 Å². The van der Waals surface area contributed by atoms with Crippen molar-refractivity contribution in [1.29, 1.82) is 0 Å². The first kappa shape index (κ1) is 16.2. The Kier molecular flexibility index (Phi) is 5.53. The van der Waals surface area contributed by atoms with Crippen LogP contribution >= 0.6 is 11.5 Å². The van der Waals surface area contributed by atoms with E-state index in [0.29, 0.717) is 11.6 Å². The molecule has 7 nitrogen and oxygen atoms in total. The van der Waals surface area contributed by atoms with E-state index in [4.69, 9.17) is 10.5 Å². The molecule has 0 fully saturated rings. The fourth-order valence-electron chi connectivity index (χ4n) is 1.47. The van der Waals surface area contributed by atoms with Gasteiger partial charge in [-0.15, -0.1) is 0 Å². The van der Waals surface area contributed by atoms with Crippen LogP contribution in [0, 0.1) is 0 Å². The molecule has 3 N–H and O–H groups in total. The average molecular weight is 308 g/mol. The fourth-order valence-corrected chi connectivity index (χ4v) is 3.61. The Morgan fingerprint density at radius 3 is 2.63 bits per heavy atom. The van der Waals surface area contributed by atoms with E-state index in [1.165, 1.54) is 14.1 Å². The topological polar surface area (TPSA) is 97.5 Å². The number of nitrogens with one attached hydrogen (secondary N) is 1. The third kappa shape index (κ3) is 3.56. The molecule has 0 spiro atoms. The first-order valence-corrected chi connectivity index (χ1v) is 7.99. The Morgan fingerprint density at radius 2 is 2.16 bits per heavy atom. The van der Waals surface area contributed by atoms with Crippen molar-refractivity contribution in [3.8, 4) is 0 Å². The number of nitrogen functional groups attached to an aromatic ring is 1. The van der Waals surface area contributed by atoms with E-state index < -0.39 is 10.0 Å². The van der Waals surface area contributed by atoms with Crippen LogP contribution in [0.1, 0.15) is 13.3 Å². The van der Waals surface area contributed by atoms with Gasteiger partial charge in [0, 0.05) is 21.2 Å². The number of nitrogens with two attached hydrogens (primary N) is 1. The molecule has 1 unspecified atom stereocenters. The van der Waals surface area contributed by atoms with Gasteiger partial charge in [-0.2, -0.15) is 4.37 Å². The predicted octanol–water partition coefficient (Wildman–Crippen LogP) is 0.813. The van der Waals surface area contributed by atoms with Crippen LogP contribution in [0.3, 0.4) is 0 Å². The Bertz CT molecular complexity index is 513. The van der Waals surface area contributed by atoms with Gasteiger partial charge in [0.1, 0.15) is 5.00 Å². The summed E-state index contributed by atoms with van der Waals surface area (Å²) < 4.78 is 34.5. The lowest BCUT2D eigenvalue weighted by atomic mass is 10.2. The van der Waals surface area contributed by atoms with E-state index in [1.54, 1.807) is 7.11 Å². The molecular formula is C10H20N4O3S2. The summed E-state index contributed by atoms with van der Waals surface area (Å²) in [5.41, 5.74) is 5.68. The van der Waals surface area contributed by atoms with Gasteiger partial charge in [-0.25, -0.2) is 12.7 Å². The van der Waals surface area contributed by atoms with Crippen molar-refractivity contribution >= 4 is 32.4 Å². The summed E-state index contributed by atoms with van der Waals surface area (Å²) in [6, 6.07) is 0.0148. The molecule has 0 aliphatic rings. The van der Waals surface area contributed by atoms with E-state index in [1.807, 2.05) is 6.92 Å². The number of ether oxygens (including phenoxy) is 1. The fraction of sp³-hybridized carbons (Fsp3) is 0.700. The van der Waals surface area contributed by atoms with E-state index in [-0.39, 0.29) is 16.8 Å². The lowest BCUT2D eigenvalue weighted by Crippen LogP contribution is -2.27. The van der Waals surface area contributed by atoms with Gasteiger partial charge >= 0.3 is 0 Å². The molecule has 1 rings (SSSR count). The molecular weight excluding hydrogens is 288 g/mol. The summed E-state index contributed by atoms with van der Waals surface area (Å²) >= 11 is 1.04. The largest absolute Gasteiger partial charge is 0.383 e. The molecule has 0 aliphatic heterocycles. The van der Waals surface area contributed by atoms with Crippen molar-refractivity contribution in [2.24, 2.45) is 0 Å². The number of sulfonamides is 1. The normalized spacial score (nSPS) is 13.7. The van der Waals surface area contributed by atoms with Crippen molar-refractivity contribution in [2.45, 2.75) is 24.3 Å². The van der Waals surface area contributed by atoms with Gasteiger partial charge in [0.2, 0.25) is 10.0 Å². The summed E-state index contributed by atoms with van der Waals surface area (Å²) in [7, 11) is 0.911. The molecule has 1 aromatic rings. The minimum atomic E-state index is -3.61. The van der Waals surface area contributed by atoms with Gasteiger partial charge in [0.25, 0.3) is 0 Å².